The number of benzene rings is 1. The van der Waals surface area contributed by atoms with E-state index in [4.69, 9.17) is 12.2 Å². The molecule has 0 aliphatic carbocycles. The zero-order valence-electron chi connectivity index (χ0n) is 11.8. The lowest BCUT2D eigenvalue weighted by molar-refractivity contribution is 0.980. The summed E-state index contributed by atoms with van der Waals surface area (Å²) in [5.74, 6) is 0. The van der Waals surface area contributed by atoms with Crippen molar-refractivity contribution in [3.63, 3.8) is 0 Å². The Morgan fingerprint density at radius 2 is 1.95 bits per heavy atom. The average Bonchev–Trinajstić information content (AvgIpc) is 2.76. The predicted molar refractivity (Wildman–Crippen MR) is 88.1 cm³/mol. The minimum absolute atomic E-state index is 0.00990. The first-order chi connectivity index (χ1) is 9.61. The maximum absolute atomic E-state index is 5.20. The Labute approximate surface area is 124 Å². The fourth-order valence-electron chi connectivity index (χ4n) is 2.99. The maximum atomic E-state index is 5.20. The van der Waals surface area contributed by atoms with Crippen molar-refractivity contribution in [2.24, 2.45) is 0 Å². The molecule has 1 aromatic heterocycles. The van der Waals surface area contributed by atoms with Gasteiger partial charge in [-0.15, -0.1) is 0 Å². The second kappa shape index (κ2) is 4.87. The molecule has 4 heteroatoms. The summed E-state index contributed by atoms with van der Waals surface area (Å²) >= 11 is 5.20. The molecule has 102 valence electrons. The third kappa shape index (κ3) is 1.96. The number of anilines is 3. The molecule has 2 heterocycles. The standard InChI is InChI=1S/C16H17N3S/c1-10-6-11(2)16(12(3)7-10)19-14-4-5-17-8-13(14)18-15(19)9-20/h4-9,15,18H,1-3H3. The van der Waals surface area contributed by atoms with Gasteiger partial charge in [-0.2, -0.15) is 0 Å². The molecule has 0 bridgehead atoms. The Hall–Kier alpha value is -1.94. The number of thiocarbonyl (C=S) groups is 1. The summed E-state index contributed by atoms with van der Waals surface area (Å²) in [6, 6.07) is 6.45. The summed E-state index contributed by atoms with van der Waals surface area (Å²) in [6.45, 7) is 6.42. The molecule has 1 atom stereocenters. The van der Waals surface area contributed by atoms with Gasteiger partial charge in [0.15, 0.2) is 0 Å². The Morgan fingerprint density at radius 1 is 1.25 bits per heavy atom. The van der Waals surface area contributed by atoms with Gasteiger partial charge in [-0.25, -0.2) is 0 Å². The highest BCUT2D eigenvalue weighted by molar-refractivity contribution is 7.79. The lowest BCUT2D eigenvalue weighted by Crippen LogP contribution is -2.33. The molecule has 0 amide bonds. The molecule has 1 N–H and O–H groups in total. The van der Waals surface area contributed by atoms with Gasteiger partial charge in [-0.1, -0.05) is 29.9 Å². The third-order valence-corrected chi connectivity index (χ3v) is 3.90. The van der Waals surface area contributed by atoms with Crippen molar-refractivity contribution < 1.29 is 0 Å². The predicted octanol–water partition coefficient (Wildman–Crippen LogP) is 3.90. The molecule has 2 aromatic rings. The van der Waals surface area contributed by atoms with E-state index in [9.17, 15) is 0 Å². The molecule has 0 spiro atoms. The van der Waals surface area contributed by atoms with Gasteiger partial charge < -0.3 is 10.2 Å². The zero-order valence-corrected chi connectivity index (χ0v) is 12.7. The highest BCUT2D eigenvalue weighted by atomic mass is 32.1. The van der Waals surface area contributed by atoms with Crippen molar-refractivity contribution in [1.29, 1.82) is 0 Å². The second-order valence-electron chi connectivity index (χ2n) is 5.24. The van der Waals surface area contributed by atoms with E-state index in [1.165, 1.54) is 22.4 Å². The number of pyridine rings is 1. The number of aromatic nitrogens is 1. The largest absolute Gasteiger partial charge is 0.358 e. The van der Waals surface area contributed by atoms with E-state index in [1.807, 2.05) is 18.5 Å². The van der Waals surface area contributed by atoms with Crippen LogP contribution in [0.25, 0.3) is 0 Å². The van der Waals surface area contributed by atoms with Crippen LogP contribution in [0.1, 0.15) is 16.7 Å². The fourth-order valence-corrected chi connectivity index (χ4v) is 3.18. The van der Waals surface area contributed by atoms with Crippen LogP contribution in [0, 0.1) is 20.8 Å². The summed E-state index contributed by atoms with van der Waals surface area (Å²) in [5, 5.41) is 5.17. The third-order valence-electron chi connectivity index (χ3n) is 3.64. The first kappa shape index (κ1) is 13.1. The van der Waals surface area contributed by atoms with E-state index in [0.717, 1.165) is 11.4 Å². The van der Waals surface area contributed by atoms with Crippen LogP contribution in [-0.4, -0.2) is 16.5 Å². The summed E-state index contributed by atoms with van der Waals surface area (Å²) in [5.41, 5.74) is 7.18. The van der Waals surface area contributed by atoms with E-state index >= 15 is 0 Å². The van der Waals surface area contributed by atoms with Crippen LogP contribution in [0.2, 0.25) is 0 Å². The molecular weight excluding hydrogens is 266 g/mol. The average molecular weight is 283 g/mol. The minimum Gasteiger partial charge on any atom is -0.358 e. The van der Waals surface area contributed by atoms with E-state index in [2.05, 4.69) is 48.1 Å². The first-order valence-electron chi connectivity index (χ1n) is 6.64. The molecule has 0 radical (unpaired) electrons. The monoisotopic (exact) mass is 283 g/mol. The van der Waals surface area contributed by atoms with Gasteiger partial charge in [0.25, 0.3) is 0 Å². The summed E-state index contributed by atoms with van der Waals surface area (Å²) in [7, 11) is 0. The lowest BCUT2D eigenvalue weighted by Gasteiger charge is -2.27. The molecule has 1 aliphatic heterocycles. The summed E-state index contributed by atoms with van der Waals surface area (Å²) in [4.78, 5) is 6.43. The number of rotatable bonds is 2. The second-order valence-corrected chi connectivity index (χ2v) is 5.51. The van der Waals surface area contributed by atoms with E-state index in [0.29, 0.717) is 0 Å². The Kier molecular flexibility index (Phi) is 3.18. The SMILES string of the molecule is Cc1cc(C)c(N2c3ccncc3NC2C=S)c(C)c1. The summed E-state index contributed by atoms with van der Waals surface area (Å²) in [6.07, 6.45) is 3.65. The van der Waals surface area contributed by atoms with Gasteiger partial charge in [-0.3, -0.25) is 4.98 Å². The van der Waals surface area contributed by atoms with Crippen LogP contribution in [0.5, 0.6) is 0 Å². The maximum Gasteiger partial charge on any atom is 0.133 e. The van der Waals surface area contributed by atoms with Crippen LogP contribution in [-0.2, 0) is 0 Å². The van der Waals surface area contributed by atoms with E-state index in [-0.39, 0.29) is 6.17 Å². The molecule has 0 saturated heterocycles. The van der Waals surface area contributed by atoms with Crippen molar-refractivity contribution in [2.75, 3.05) is 10.2 Å². The quantitative estimate of drug-likeness (QED) is 0.846. The van der Waals surface area contributed by atoms with E-state index in [1.54, 1.807) is 5.37 Å². The normalized spacial score (nSPS) is 16.8. The number of nitrogens with one attached hydrogen (secondary N) is 1. The van der Waals surface area contributed by atoms with Crippen molar-refractivity contribution >= 4 is 34.6 Å². The summed E-state index contributed by atoms with van der Waals surface area (Å²) < 4.78 is 0. The molecule has 1 aromatic carbocycles. The number of hydrogen-bond acceptors (Lipinski definition) is 4. The zero-order chi connectivity index (χ0) is 14.3. The van der Waals surface area contributed by atoms with Crippen molar-refractivity contribution in [2.45, 2.75) is 26.9 Å². The molecule has 0 saturated carbocycles. The molecule has 3 rings (SSSR count). The van der Waals surface area contributed by atoms with Gasteiger partial charge in [0.2, 0.25) is 0 Å². The molecular formula is C16H17N3S. The van der Waals surface area contributed by atoms with Crippen LogP contribution >= 0.6 is 12.2 Å². The Bertz CT molecular complexity index is 658. The molecule has 1 aliphatic rings. The lowest BCUT2D eigenvalue weighted by atomic mass is 10.0. The van der Waals surface area contributed by atoms with Gasteiger partial charge >= 0.3 is 0 Å². The van der Waals surface area contributed by atoms with E-state index < -0.39 is 0 Å². The number of fused-ring (bicyclic) bond motifs is 1. The minimum atomic E-state index is -0.00990. The molecule has 1 unspecified atom stereocenters. The van der Waals surface area contributed by atoms with Crippen LogP contribution in [0.4, 0.5) is 17.1 Å². The molecule has 3 nitrogen and oxygen atoms in total. The van der Waals surface area contributed by atoms with Gasteiger partial charge in [-0.05, 0) is 38.0 Å². The Balaban J connectivity index is 2.20. The smallest absolute Gasteiger partial charge is 0.133 e. The number of nitrogens with zero attached hydrogens (tertiary/aromatic N) is 2. The van der Waals surface area contributed by atoms with Crippen molar-refractivity contribution in [3.05, 3.63) is 47.3 Å². The first-order valence-corrected chi connectivity index (χ1v) is 7.12. The van der Waals surface area contributed by atoms with Crippen molar-refractivity contribution in [3.8, 4) is 0 Å². The number of aryl methyl sites for hydroxylation is 3. The molecule has 20 heavy (non-hydrogen) atoms. The fraction of sp³-hybridized carbons (Fsp3) is 0.250. The van der Waals surface area contributed by atoms with Crippen molar-refractivity contribution in [1.82, 2.24) is 4.98 Å². The highest BCUT2D eigenvalue weighted by Crippen LogP contribution is 2.41. The van der Waals surface area contributed by atoms with Gasteiger partial charge in [0, 0.05) is 17.3 Å². The number of hydrogen-bond donors (Lipinski definition) is 1. The van der Waals surface area contributed by atoms with Gasteiger partial charge in [0.05, 0.1) is 17.6 Å². The van der Waals surface area contributed by atoms with Gasteiger partial charge in [0.1, 0.15) is 6.17 Å². The Morgan fingerprint density at radius 3 is 2.60 bits per heavy atom. The highest BCUT2D eigenvalue weighted by Gasteiger charge is 2.30. The van der Waals surface area contributed by atoms with Crippen LogP contribution in [0.3, 0.4) is 0 Å². The van der Waals surface area contributed by atoms with Crippen LogP contribution < -0.4 is 10.2 Å². The molecule has 0 fully saturated rings. The topological polar surface area (TPSA) is 28.2 Å². The van der Waals surface area contributed by atoms with Crippen LogP contribution in [0.15, 0.2) is 30.6 Å².